The molecule has 1 N–H and O–H groups in total. The number of benzene rings is 1. The molecule has 0 saturated heterocycles. The summed E-state index contributed by atoms with van der Waals surface area (Å²) < 4.78 is 37.9. The molecule has 0 unspecified atom stereocenters. The monoisotopic (exact) mass is 294 g/mol. The van der Waals surface area contributed by atoms with Crippen LogP contribution in [0.3, 0.4) is 0 Å². The highest BCUT2D eigenvalue weighted by atomic mass is 19.4. The van der Waals surface area contributed by atoms with Crippen molar-refractivity contribution in [1.82, 2.24) is 10.2 Å². The Labute approximate surface area is 119 Å². The first-order chi connectivity index (χ1) is 9.97. The van der Waals surface area contributed by atoms with Gasteiger partial charge in [0, 0.05) is 5.56 Å². The molecule has 1 aliphatic carbocycles. The first kappa shape index (κ1) is 13.9. The predicted molar refractivity (Wildman–Crippen MR) is 70.8 cm³/mol. The molecule has 0 bridgehead atoms. The first-order valence-corrected chi connectivity index (χ1v) is 6.71. The Bertz CT molecular complexity index is 683. The number of fused-ring (bicyclic) bond motifs is 1. The lowest BCUT2D eigenvalue weighted by Gasteiger charge is -2.18. The van der Waals surface area contributed by atoms with Crippen LogP contribution in [-0.4, -0.2) is 15.3 Å². The number of phenolic OH excluding ortho intramolecular Hbond substituents is 1. The molecule has 0 fully saturated rings. The number of rotatable bonds is 1. The highest BCUT2D eigenvalue weighted by molar-refractivity contribution is 5.71. The van der Waals surface area contributed by atoms with Crippen molar-refractivity contribution in [2.75, 3.05) is 0 Å². The molecule has 0 spiro atoms. The molecule has 1 heterocycles. The molecule has 1 aromatic carbocycles. The molecule has 0 atom stereocenters. The zero-order valence-electron chi connectivity index (χ0n) is 11.1. The molecular weight excluding hydrogens is 281 g/mol. The second kappa shape index (κ2) is 5.02. The fourth-order valence-corrected chi connectivity index (χ4v) is 2.68. The van der Waals surface area contributed by atoms with E-state index in [1.54, 1.807) is 6.20 Å². The zero-order chi connectivity index (χ0) is 15.0. The van der Waals surface area contributed by atoms with Crippen LogP contribution < -0.4 is 0 Å². The van der Waals surface area contributed by atoms with Gasteiger partial charge >= 0.3 is 6.18 Å². The normalized spacial score (nSPS) is 14.8. The Balaban J connectivity index is 2.10. The Kier molecular flexibility index (Phi) is 3.31. The van der Waals surface area contributed by atoms with E-state index >= 15 is 0 Å². The van der Waals surface area contributed by atoms with Gasteiger partial charge in [0.25, 0.3) is 0 Å². The summed E-state index contributed by atoms with van der Waals surface area (Å²) in [4.78, 5) is 0. The summed E-state index contributed by atoms with van der Waals surface area (Å²) >= 11 is 0. The third-order valence-electron chi connectivity index (χ3n) is 3.75. The smallest absolute Gasteiger partial charge is 0.416 e. The van der Waals surface area contributed by atoms with E-state index in [1.807, 2.05) is 0 Å². The molecular formula is C15H13F3N2O. The summed E-state index contributed by atoms with van der Waals surface area (Å²) in [6.45, 7) is 0. The minimum absolute atomic E-state index is 0.300. The third kappa shape index (κ3) is 2.57. The number of nitrogens with zero attached hydrogens (tertiary/aromatic N) is 2. The molecule has 0 amide bonds. The lowest BCUT2D eigenvalue weighted by Crippen LogP contribution is -2.08. The molecule has 1 aliphatic rings. The quantitative estimate of drug-likeness (QED) is 0.871. The fraction of sp³-hybridized carbons (Fsp3) is 0.333. The van der Waals surface area contributed by atoms with Crippen molar-refractivity contribution >= 4 is 0 Å². The summed E-state index contributed by atoms with van der Waals surface area (Å²) in [6.07, 6.45) is 0.987. The number of aryl methyl sites for hydroxylation is 1. The van der Waals surface area contributed by atoms with Crippen molar-refractivity contribution in [3.63, 3.8) is 0 Å². The Morgan fingerprint density at radius 3 is 2.57 bits per heavy atom. The average molecular weight is 294 g/mol. The van der Waals surface area contributed by atoms with E-state index < -0.39 is 17.5 Å². The number of halogens is 3. The Morgan fingerprint density at radius 2 is 1.86 bits per heavy atom. The molecule has 0 aliphatic heterocycles. The van der Waals surface area contributed by atoms with Gasteiger partial charge in [0.2, 0.25) is 0 Å². The topological polar surface area (TPSA) is 46.0 Å². The van der Waals surface area contributed by atoms with Crippen molar-refractivity contribution in [2.24, 2.45) is 0 Å². The van der Waals surface area contributed by atoms with Gasteiger partial charge in [-0.25, -0.2) is 0 Å². The number of aromatic nitrogens is 2. The SMILES string of the molecule is Oc1cc(C(F)(F)F)ccc1-c1nncc2c1CCCC2. The van der Waals surface area contributed by atoms with E-state index in [4.69, 9.17) is 0 Å². The highest BCUT2D eigenvalue weighted by Gasteiger charge is 2.31. The van der Waals surface area contributed by atoms with Gasteiger partial charge in [-0.2, -0.15) is 23.4 Å². The van der Waals surface area contributed by atoms with Crippen LogP contribution >= 0.6 is 0 Å². The maximum absolute atomic E-state index is 12.6. The molecule has 0 saturated carbocycles. The van der Waals surface area contributed by atoms with E-state index in [-0.39, 0.29) is 0 Å². The van der Waals surface area contributed by atoms with Gasteiger partial charge in [-0.15, -0.1) is 0 Å². The van der Waals surface area contributed by atoms with Crippen LogP contribution in [-0.2, 0) is 19.0 Å². The van der Waals surface area contributed by atoms with Crippen LogP contribution in [0, 0.1) is 0 Å². The van der Waals surface area contributed by atoms with E-state index in [2.05, 4.69) is 10.2 Å². The van der Waals surface area contributed by atoms with E-state index in [9.17, 15) is 18.3 Å². The van der Waals surface area contributed by atoms with Gasteiger partial charge in [0.05, 0.1) is 11.8 Å². The minimum Gasteiger partial charge on any atom is -0.507 e. The highest BCUT2D eigenvalue weighted by Crippen LogP contribution is 2.38. The van der Waals surface area contributed by atoms with Crippen molar-refractivity contribution in [1.29, 1.82) is 0 Å². The van der Waals surface area contributed by atoms with Crippen LogP contribution in [0.2, 0.25) is 0 Å². The van der Waals surface area contributed by atoms with Gasteiger partial charge in [0.1, 0.15) is 11.4 Å². The standard InChI is InChI=1S/C15H13F3N2O/c16-15(17,18)10-5-6-12(13(21)7-10)14-11-4-2-1-3-9(11)8-19-20-14/h5-8,21H,1-4H2. The summed E-state index contributed by atoms with van der Waals surface area (Å²) in [5.74, 6) is -0.418. The van der Waals surface area contributed by atoms with Crippen LogP contribution in [0.25, 0.3) is 11.3 Å². The van der Waals surface area contributed by atoms with Gasteiger partial charge in [-0.1, -0.05) is 0 Å². The molecule has 0 radical (unpaired) electrons. The number of hydrogen-bond donors (Lipinski definition) is 1. The average Bonchev–Trinajstić information content (AvgIpc) is 2.46. The predicted octanol–water partition coefficient (Wildman–Crippen LogP) is 3.75. The van der Waals surface area contributed by atoms with Crippen LogP contribution in [0.1, 0.15) is 29.5 Å². The van der Waals surface area contributed by atoms with Crippen molar-refractivity contribution < 1.29 is 18.3 Å². The summed E-state index contributed by atoms with van der Waals surface area (Å²) in [5.41, 5.74) is 1.95. The van der Waals surface area contributed by atoms with Gasteiger partial charge in [-0.3, -0.25) is 0 Å². The largest absolute Gasteiger partial charge is 0.507 e. The van der Waals surface area contributed by atoms with E-state index in [0.717, 1.165) is 48.9 Å². The molecule has 2 aromatic rings. The second-order valence-electron chi connectivity index (χ2n) is 5.13. The molecule has 3 nitrogen and oxygen atoms in total. The summed E-state index contributed by atoms with van der Waals surface area (Å²) in [5, 5.41) is 17.9. The van der Waals surface area contributed by atoms with Crippen molar-refractivity contribution in [2.45, 2.75) is 31.9 Å². The Morgan fingerprint density at radius 1 is 1.10 bits per heavy atom. The van der Waals surface area contributed by atoms with E-state index in [1.165, 1.54) is 6.07 Å². The molecule has 110 valence electrons. The number of phenols is 1. The van der Waals surface area contributed by atoms with E-state index in [0.29, 0.717) is 11.3 Å². The fourth-order valence-electron chi connectivity index (χ4n) is 2.68. The van der Waals surface area contributed by atoms with Crippen molar-refractivity contribution in [3.05, 3.63) is 41.1 Å². The maximum Gasteiger partial charge on any atom is 0.416 e. The Hall–Kier alpha value is -2.11. The van der Waals surface area contributed by atoms with Gasteiger partial charge in [0.15, 0.2) is 0 Å². The molecule has 21 heavy (non-hydrogen) atoms. The van der Waals surface area contributed by atoms with Crippen molar-refractivity contribution in [3.8, 4) is 17.0 Å². The molecule has 6 heteroatoms. The van der Waals surface area contributed by atoms with Crippen LogP contribution in [0.4, 0.5) is 13.2 Å². The number of aromatic hydroxyl groups is 1. The molecule has 3 rings (SSSR count). The van der Waals surface area contributed by atoms with Gasteiger partial charge < -0.3 is 5.11 Å². The van der Waals surface area contributed by atoms with Gasteiger partial charge in [-0.05, 0) is 55.0 Å². The maximum atomic E-state index is 12.6. The van der Waals surface area contributed by atoms with Crippen LogP contribution in [0.5, 0.6) is 5.75 Å². The number of hydrogen-bond acceptors (Lipinski definition) is 3. The second-order valence-corrected chi connectivity index (χ2v) is 5.13. The number of alkyl halides is 3. The lowest BCUT2D eigenvalue weighted by molar-refractivity contribution is -0.137. The zero-order valence-corrected chi connectivity index (χ0v) is 11.1. The summed E-state index contributed by atoms with van der Waals surface area (Å²) in [6, 6.07) is 2.95. The first-order valence-electron chi connectivity index (χ1n) is 6.71. The molecule has 1 aromatic heterocycles. The summed E-state index contributed by atoms with van der Waals surface area (Å²) in [7, 11) is 0. The third-order valence-corrected chi connectivity index (χ3v) is 3.75. The van der Waals surface area contributed by atoms with Crippen LogP contribution in [0.15, 0.2) is 24.4 Å². The minimum atomic E-state index is -4.47. The lowest BCUT2D eigenvalue weighted by atomic mass is 9.90.